The molecule has 0 fully saturated rings. The first-order chi connectivity index (χ1) is 16.7. The molecule has 3 nitrogen and oxygen atoms in total. The van der Waals surface area contributed by atoms with Gasteiger partial charge >= 0.3 is 0 Å². The zero-order chi connectivity index (χ0) is 23.3. The molecule has 0 aliphatic rings. The molecule has 4 heteroatoms. The van der Waals surface area contributed by atoms with Gasteiger partial charge in [-0.1, -0.05) is 102 Å². The third-order valence-corrected chi connectivity index (χ3v) is 7.22. The highest BCUT2D eigenvalue weighted by Gasteiger charge is 2.17. The van der Waals surface area contributed by atoms with Crippen molar-refractivity contribution in [3.8, 4) is 5.69 Å². The molecule has 0 saturated carbocycles. The molecule has 0 N–H and O–H groups in total. The van der Waals surface area contributed by atoms with E-state index < -0.39 is 0 Å². The van der Waals surface area contributed by atoms with Gasteiger partial charge in [-0.25, -0.2) is 0 Å². The summed E-state index contributed by atoms with van der Waals surface area (Å²) in [4.78, 5) is 0. The van der Waals surface area contributed by atoms with Crippen LogP contribution in [-0.2, 0) is 12.8 Å². The predicted molar refractivity (Wildman–Crippen MR) is 143 cm³/mol. The van der Waals surface area contributed by atoms with Crippen molar-refractivity contribution >= 4 is 22.5 Å². The molecule has 0 saturated heterocycles. The maximum Gasteiger partial charge on any atom is 0.195 e. The van der Waals surface area contributed by atoms with Gasteiger partial charge in [-0.15, -0.1) is 10.2 Å². The number of fused-ring (bicyclic) bond motifs is 1. The molecule has 34 heavy (non-hydrogen) atoms. The van der Waals surface area contributed by atoms with E-state index in [2.05, 4.69) is 120 Å². The minimum absolute atomic E-state index is 0.742. The first-order valence-corrected chi connectivity index (χ1v) is 12.8. The summed E-state index contributed by atoms with van der Waals surface area (Å²) in [5.41, 5.74) is 6.33. The van der Waals surface area contributed by atoms with Crippen molar-refractivity contribution in [3.05, 3.63) is 119 Å². The molecular formula is C30H29N3S. The van der Waals surface area contributed by atoms with Gasteiger partial charge < -0.3 is 0 Å². The van der Waals surface area contributed by atoms with Crippen LogP contribution < -0.4 is 0 Å². The van der Waals surface area contributed by atoms with E-state index in [9.17, 15) is 0 Å². The molecule has 0 unspecified atom stereocenters. The predicted octanol–water partition coefficient (Wildman–Crippen LogP) is 7.35. The van der Waals surface area contributed by atoms with Crippen LogP contribution in [0, 0.1) is 13.8 Å². The zero-order valence-corrected chi connectivity index (χ0v) is 20.6. The Morgan fingerprint density at radius 1 is 0.794 bits per heavy atom. The molecule has 170 valence electrons. The highest BCUT2D eigenvalue weighted by Crippen LogP contribution is 2.28. The summed E-state index contributed by atoms with van der Waals surface area (Å²) in [6.45, 7) is 4.31. The Labute approximate surface area is 205 Å². The number of rotatable bonds is 8. The summed E-state index contributed by atoms with van der Waals surface area (Å²) in [6.07, 6.45) is 2.92. The lowest BCUT2D eigenvalue weighted by Crippen LogP contribution is -2.06. The average Bonchev–Trinajstić information content (AvgIpc) is 3.25. The van der Waals surface area contributed by atoms with Crippen molar-refractivity contribution in [2.75, 3.05) is 5.75 Å². The summed E-state index contributed by atoms with van der Waals surface area (Å²) in [5, 5.41) is 12.8. The van der Waals surface area contributed by atoms with Crippen LogP contribution >= 0.6 is 11.8 Å². The monoisotopic (exact) mass is 463 g/mol. The van der Waals surface area contributed by atoms with E-state index in [4.69, 9.17) is 0 Å². The fourth-order valence-electron chi connectivity index (χ4n) is 4.51. The number of hydrogen-bond donors (Lipinski definition) is 0. The fraction of sp³-hybridized carbons (Fsp3) is 0.200. The van der Waals surface area contributed by atoms with Crippen molar-refractivity contribution in [1.29, 1.82) is 0 Å². The van der Waals surface area contributed by atoms with E-state index in [1.807, 2.05) is 0 Å². The highest BCUT2D eigenvalue weighted by atomic mass is 32.2. The van der Waals surface area contributed by atoms with Crippen LogP contribution in [0.2, 0.25) is 0 Å². The first-order valence-electron chi connectivity index (χ1n) is 11.8. The van der Waals surface area contributed by atoms with Crippen LogP contribution in [0.1, 0.15) is 34.5 Å². The summed E-state index contributed by atoms with van der Waals surface area (Å²) < 4.78 is 2.27. The summed E-state index contributed by atoms with van der Waals surface area (Å²) in [5.74, 6) is 1.99. The van der Waals surface area contributed by atoms with Gasteiger partial charge in [0.25, 0.3) is 0 Å². The molecular weight excluding hydrogens is 434 g/mol. The van der Waals surface area contributed by atoms with Gasteiger partial charge in [0.1, 0.15) is 5.82 Å². The van der Waals surface area contributed by atoms with Crippen molar-refractivity contribution in [2.45, 2.75) is 38.3 Å². The molecule has 1 aromatic heterocycles. The second-order valence-electron chi connectivity index (χ2n) is 8.78. The van der Waals surface area contributed by atoms with E-state index in [0.29, 0.717) is 0 Å². The van der Waals surface area contributed by atoms with Gasteiger partial charge in [0.05, 0.1) is 5.69 Å². The fourth-order valence-corrected chi connectivity index (χ4v) is 5.41. The van der Waals surface area contributed by atoms with Crippen LogP contribution in [0.5, 0.6) is 0 Å². The Balaban J connectivity index is 1.45. The smallest absolute Gasteiger partial charge is 0.195 e. The maximum atomic E-state index is 4.69. The highest BCUT2D eigenvalue weighted by molar-refractivity contribution is 7.99. The van der Waals surface area contributed by atoms with Crippen LogP contribution in [0.15, 0.2) is 96.2 Å². The quantitative estimate of drug-likeness (QED) is 0.178. The standard InChI is InChI=1S/C30H29N3S/c1-22-17-18-28(23(2)20-22)33-29(21-26-15-8-14-25-13-6-7-16-27(25)26)31-32-30(33)34-19-9-12-24-10-4-3-5-11-24/h3-8,10-11,13-18,20H,9,12,19,21H2,1-2H3. The molecule has 0 amide bonds. The van der Waals surface area contributed by atoms with Crippen molar-refractivity contribution < 1.29 is 0 Å². The largest absolute Gasteiger partial charge is 0.273 e. The van der Waals surface area contributed by atoms with Gasteiger partial charge in [-0.05, 0) is 60.2 Å². The molecule has 5 aromatic rings. The van der Waals surface area contributed by atoms with Crippen LogP contribution in [0.4, 0.5) is 0 Å². The summed E-state index contributed by atoms with van der Waals surface area (Å²) >= 11 is 1.80. The van der Waals surface area contributed by atoms with E-state index in [1.165, 1.54) is 33.0 Å². The zero-order valence-electron chi connectivity index (χ0n) is 19.7. The average molecular weight is 464 g/mol. The lowest BCUT2D eigenvalue weighted by atomic mass is 10.0. The second kappa shape index (κ2) is 10.3. The lowest BCUT2D eigenvalue weighted by molar-refractivity contribution is 0.838. The number of thioether (sulfide) groups is 1. The Morgan fingerprint density at radius 3 is 2.44 bits per heavy atom. The van der Waals surface area contributed by atoms with Gasteiger partial charge in [0.2, 0.25) is 0 Å². The summed E-state index contributed by atoms with van der Waals surface area (Å²) in [7, 11) is 0. The van der Waals surface area contributed by atoms with E-state index in [-0.39, 0.29) is 0 Å². The molecule has 0 atom stereocenters. The Bertz CT molecular complexity index is 1400. The first kappa shape index (κ1) is 22.4. The molecule has 0 bridgehead atoms. The number of benzene rings is 4. The second-order valence-corrected chi connectivity index (χ2v) is 9.84. The minimum atomic E-state index is 0.742. The van der Waals surface area contributed by atoms with E-state index in [1.54, 1.807) is 11.8 Å². The number of nitrogens with zero attached hydrogens (tertiary/aromatic N) is 3. The number of aryl methyl sites for hydroxylation is 3. The van der Waals surface area contributed by atoms with Gasteiger partial charge in [-0.3, -0.25) is 4.57 Å². The van der Waals surface area contributed by atoms with Crippen LogP contribution in [0.25, 0.3) is 16.5 Å². The normalized spacial score (nSPS) is 11.2. The number of aromatic nitrogens is 3. The SMILES string of the molecule is Cc1ccc(-n2c(Cc3cccc4ccccc34)nnc2SCCCc2ccccc2)c(C)c1. The molecule has 0 radical (unpaired) electrons. The molecule has 0 aliphatic heterocycles. The topological polar surface area (TPSA) is 30.7 Å². The Kier molecular flexibility index (Phi) is 6.77. The van der Waals surface area contributed by atoms with Gasteiger partial charge in [0.15, 0.2) is 5.16 Å². The van der Waals surface area contributed by atoms with Crippen molar-refractivity contribution in [1.82, 2.24) is 14.8 Å². The Morgan fingerprint density at radius 2 is 1.59 bits per heavy atom. The molecule has 0 aliphatic carbocycles. The minimum Gasteiger partial charge on any atom is -0.273 e. The molecule has 5 rings (SSSR count). The molecule has 4 aromatic carbocycles. The molecule has 0 spiro atoms. The third kappa shape index (κ3) is 4.92. The summed E-state index contributed by atoms with van der Waals surface area (Å²) in [6, 6.07) is 32.4. The van der Waals surface area contributed by atoms with Crippen LogP contribution in [0.3, 0.4) is 0 Å². The number of hydrogen-bond acceptors (Lipinski definition) is 3. The van der Waals surface area contributed by atoms with Crippen LogP contribution in [-0.4, -0.2) is 20.5 Å². The maximum absolute atomic E-state index is 4.69. The Hall–Kier alpha value is -3.37. The van der Waals surface area contributed by atoms with Crippen molar-refractivity contribution in [3.63, 3.8) is 0 Å². The third-order valence-electron chi connectivity index (χ3n) is 6.21. The molecule has 1 heterocycles. The van der Waals surface area contributed by atoms with Gasteiger partial charge in [-0.2, -0.15) is 0 Å². The lowest BCUT2D eigenvalue weighted by Gasteiger charge is -2.14. The van der Waals surface area contributed by atoms with Gasteiger partial charge in [0, 0.05) is 12.2 Å². The van der Waals surface area contributed by atoms with Crippen molar-refractivity contribution in [2.24, 2.45) is 0 Å². The van der Waals surface area contributed by atoms with E-state index in [0.717, 1.165) is 41.7 Å². The van der Waals surface area contributed by atoms with E-state index >= 15 is 0 Å².